The molecule has 1 N–H and O–H groups in total. The van der Waals surface area contributed by atoms with Crippen molar-refractivity contribution in [2.75, 3.05) is 44.2 Å². The van der Waals surface area contributed by atoms with Crippen LogP contribution in [0.25, 0.3) is 11.1 Å². The van der Waals surface area contributed by atoms with Gasteiger partial charge in [0.05, 0.1) is 0 Å². The number of hydrogen-bond acceptors (Lipinski definition) is 3. The molecule has 3 aromatic carbocycles. The molecule has 2 aliphatic rings. The molecule has 1 saturated heterocycles. The summed E-state index contributed by atoms with van der Waals surface area (Å²) in [6.45, 7) is 8.21. The predicted octanol–water partition coefficient (Wildman–Crippen LogP) is 4.51. The SMILES string of the molecule is Cc1ccccc1N1CCN(CCCNC(=O)c2ccc3c(c2)Cc2ccccc2-3)CC1. The van der Waals surface area contributed by atoms with Crippen molar-refractivity contribution in [3.05, 3.63) is 89.0 Å². The average molecular weight is 426 g/mol. The quantitative estimate of drug-likeness (QED) is 0.462. The number of carbonyl (C=O) groups excluding carboxylic acids is 1. The second-order valence-corrected chi connectivity index (χ2v) is 8.93. The third-order valence-corrected chi connectivity index (χ3v) is 6.82. The molecule has 1 heterocycles. The number of anilines is 1. The van der Waals surface area contributed by atoms with Crippen molar-refractivity contribution in [2.45, 2.75) is 19.8 Å². The summed E-state index contributed by atoms with van der Waals surface area (Å²) in [7, 11) is 0. The number of benzene rings is 3. The largest absolute Gasteiger partial charge is 0.369 e. The fourth-order valence-electron chi connectivity index (χ4n) is 5.02. The van der Waals surface area contributed by atoms with Crippen molar-refractivity contribution in [3.63, 3.8) is 0 Å². The van der Waals surface area contributed by atoms with E-state index in [0.717, 1.165) is 51.1 Å². The molecule has 4 heteroatoms. The standard InChI is InChI=1S/C28H31N3O/c1-21-7-2-5-10-27(21)31-17-15-30(16-18-31)14-6-13-29-28(32)23-11-12-26-24(20-23)19-22-8-3-4-9-25(22)26/h2-5,7-12,20H,6,13-19H2,1H3,(H,29,32). The van der Waals surface area contributed by atoms with E-state index >= 15 is 0 Å². The van der Waals surface area contributed by atoms with Gasteiger partial charge in [0.25, 0.3) is 5.91 Å². The molecule has 0 spiro atoms. The monoisotopic (exact) mass is 425 g/mol. The van der Waals surface area contributed by atoms with Crippen LogP contribution in [-0.2, 0) is 6.42 Å². The number of carbonyl (C=O) groups is 1. The molecular weight excluding hydrogens is 394 g/mol. The number of aryl methyl sites for hydroxylation is 1. The van der Waals surface area contributed by atoms with Crippen molar-refractivity contribution in [1.82, 2.24) is 10.2 Å². The van der Waals surface area contributed by atoms with Gasteiger partial charge in [-0.1, -0.05) is 48.5 Å². The average Bonchev–Trinajstić information content (AvgIpc) is 3.20. The van der Waals surface area contributed by atoms with Crippen molar-refractivity contribution < 1.29 is 4.79 Å². The molecular formula is C28H31N3O. The van der Waals surface area contributed by atoms with Crippen LogP contribution < -0.4 is 10.2 Å². The minimum Gasteiger partial charge on any atom is -0.369 e. The fourth-order valence-corrected chi connectivity index (χ4v) is 5.02. The van der Waals surface area contributed by atoms with Crippen LogP contribution in [0.2, 0.25) is 0 Å². The van der Waals surface area contributed by atoms with E-state index in [-0.39, 0.29) is 5.91 Å². The van der Waals surface area contributed by atoms with Gasteiger partial charge >= 0.3 is 0 Å². The zero-order chi connectivity index (χ0) is 21.9. The Balaban J connectivity index is 1.07. The molecule has 0 saturated carbocycles. The number of nitrogens with one attached hydrogen (secondary N) is 1. The number of piperazine rings is 1. The highest BCUT2D eigenvalue weighted by Gasteiger charge is 2.20. The van der Waals surface area contributed by atoms with Crippen LogP contribution in [0, 0.1) is 6.92 Å². The number of hydrogen-bond donors (Lipinski definition) is 1. The minimum atomic E-state index is 0.0353. The predicted molar refractivity (Wildman–Crippen MR) is 131 cm³/mol. The Kier molecular flexibility index (Phi) is 5.95. The summed E-state index contributed by atoms with van der Waals surface area (Å²) in [4.78, 5) is 17.7. The summed E-state index contributed by atoms with van der Waals surface area (Å²) >= 11 is 0. The van der Waals surface area contributed by atoms with Gasteiger partial charge in [0.2, 0.25) is 0 Å². The first-order valence-electron chi connectivity index (χ1n) is 11.7. The highest BCUT2D eigenvalue weighted by Crippen LogP contribution is 2.36. The Hall–Kier alpha value is -3.11. The number of para-hydroxylation sites is 1. The van der Waals surface area contributed by atoms with Gasteiger partial charge in [-0.2, -0.15) is 0 Å². The van der Waals surface area contributed by atoms with E-state index in [1.54, 1.807) is 0 Å². The molecule has 1 amide bonds. The van der Waals surface area contributed by atoms with Gasteiger partial charge in [-0.05, 0) is 72.3 Å². The van der Waals surface area contributed by atoms with E-state index in [0.29, 0.717) is 6.54 Å². The normalized spacial score (nSPS) is 15.3. The van der Waals surface area contributed by atoms with Gasteiger partial charge in [0.1, 0.15) is 0 Å². The van der Waals surface area contributed by atoms with E-state index in [1.807, 2.05) is 6.07 Å². The zero-order valence-electron chi connectivity index (χ0n) is 18.8. The molecule has 0 unspecified atom stereocenters. The lowest BCUT2D eigenvalue weighted by Gasteiger charge is -2.36. The topological polar surface area (TPSA) is 35.6 Å². The van der Waals surface area contributed by atoms with Crippen molar-refractivity contribution in [2.24, 2.45) is 0 Å². The molecule has 1 aliphatic carbocycles. The Bertz CT molecular complexity index is 1120. The van der Waals surface area contributed by atoms with E-state index in [4.69, 9.17) is 0 Å². The van der Waals surface area contributed by atoms with Gasteiger partial charge in [-0.3, -0.25) is 9.69 Å². The van der Waals surface area contributed by atoms with Crippen molar-refractivity contribution >= 4 is 11.6 Å². The zero-order valence-corrected chi connectivity index (χ0v) is 18.8. The third kappa shape index (κ3) is 4.28. The second-order valence-electron chi connectivity index (χ2n) is 8.93. The second kappa shape index (κ2) is 9.17. The van der Waals surface area contributed by atoms with Crippen LogP contribution in [0.1, 0.15) is 33.5 Å². The Morgan fingerprint density at radius 2 is 1.62 bits per heavy atom. The number of rotatable bonds is 6. The number of fused-ring (bicyclic) bond motifs is 3. The first-order chi connectivity index (χ1) is 15.7. The Morgan fingerprint density at radius 1 is 0.875 bits per heavy atom. The van der Waals surface area contributed by atoms with E-state index < -0.39 is 0 Å². The number of amides is 1. The first-order valence-corrected chi connectivity index (χ1v) is 11.7. The molecule has 3 aromatic rings. The summed E-state index contributed by atoms with van der Waals surface area (Å²) in [6, 6.07) is 23.3. The minimum absolute atomic E-state index is 0.0353. The third-order valence-electron chi connectivity index (χ3n) is 6.82. The lowest BCUT2D eigenvalue weighted by molar-refractivity contribution is 0.0951. The van der Waals surface area contributed by atoms with E-state index in [1.165, 1.54) is 33.5 Å². The molecule has 5 rings (SSSR count). The smallest absolute Gasteiger partial charge is 0.251 e. The molecule has 32 heavy (non-hydrogen) atoms. The Labute approximate surface area is 190 Å². The summed E-state index contributed by atoms with van der Waals surface area (Å²) in [5.41, 5.74) is 8.64. The molecule has 1 aliphatic heterocycles. The van der Waals surface area contributed by atoms with Gasteiger partial charge in [0, 0.05) is 44.0 Å². The fraction of sp³-hybridized carbons (Fsp3) is 0.321. The van der Waals surface area contributed by atoms with E-state index in [2.05, 4.69) is 82.7 Å². The first kappa shape index (κ1) is 20.8. The molecule has 0 bridgehead atoms. The maximum absolute atomic E-state index is 12.7. The Morgan fingerprint density at radius 3 is 2.47 bits per heavy atom. The molecule has 164 valence electrons. The van der Waals surface area contributed by atoms with Crippen molar-refractivity contribution in [3.8, 4) is 11.1 Å². The van der Waals surface area contributed by atoms with Crippen LogP contribution >= 0.6 is 0 Å². The van der Waals surface area contributed by atoms with Crippen molar-refractivity contribution in [1.29, 1.82) is 0 Å². The summed E-state index contributed by atoms with van der Waals surface area (Å²) < 4.78 is 0. The lowest BCUT2D eigenvalue weighted by atomic mass is 10.0. The van der Waals surface area contributed by atoms with Crippen LogP contribution in [0.15, 0.2) is 66.7 Å². The van der Waals surface area contributed by atoms with Gasteiger partial charge < -0.3 is 10.2 Å². The van der Waals surface area contributed by atoms with Gasteiger partial charge in [-0.15, -0.1) is 0 Å². The van der Waals surface area contributed by atoms with Crippen LogP contribution in [-0.4, -0.2) is 50.1 Å². The van der Waals surface area contributed by atoms with Gasteiger partial charge in [0.15, 0.2) is 0 Å². The van der Waals surface area contributed by atoms with E-state index in [9.17, 15) is 4.79 Å². The lowest BCUT2D eigenvalue weighted by Crippen LogP contribution is -2.47. The van der Waals surface area contributed by atoms with Crippen LogP contribution in [0.3, 0.4) is 0 Å². The van der Waals surface area contributed by atoms with Crippen LogP contribution in [0.5, 0.6) is 0 Å². The molecule has 4 nitrogen and oxygen atoms in total. The highest BCUT2D eigenvalue weighted by atomic mass is 16.1. The maximum Gasteiger partial charge on any atom is 0.251 e. The summed E-state index contributed by atoms with van der Waals surface area (Å²) in [5.74, 6) is 0.0353. The summed E-state index contributed by atoms with van der Waals surface area (Å²) in [5, 5.41) is 3.12. The van der Waals surface area contributed by atoms with Gasteiger partial charge in [-0.25, -0.2) is 0 Å². The molecule has 1 fully saturated rings. The highest BCUT2D eigenvalue weighted by molar-refractivity contribution is 5.95. The van der Waals surface area contributed by atoms with Crippen LogP contribution in [0.4, 0.5) is 5.69 Å². The number of nitrogens with zero attached hydrogens (tertiary/aromatic N) is 2. The maximum atomic E-state index is 12.7. The molecule has 0 atom stereocenters. The molecule has 0 aromatic heterocycles. The summed E-state index contributed by atoms with van der Waals surface area (Å²) in [6.07, 6.45) is 1.90. The molecule has 0 radical (unpaired) electrons.